The van der Waals surface area contributed by atoms with Crippen LogP contribution >= 0.6 is 0 Å². The molecule has 2 bridgehead atoms. The fraction of sp³-hybridized carbons (Fsp3) is 0.611. The summed E-state index contributed by atoms with van der Waals surface area (Å²) >= 11 is 0. The van der Waals surface area contributed by atoms with Crippen LogP contribution in [-0.4, -0.2) is 33.2 Å². The van der Waals surface area contributed by atoms with Gasteiger partial charge in [0.15, 0.2) is 0 Å². The molecule has 1 aromatic carbocycles. The Labute approximate surface area is 148 Å². The molecule has 7 heteroatoms. The predicted octanol–water partition coefficient (Wildman–Crippen LogP) is 2.68. The van der Waals surface area contributed by atoms with Gasteiger partial charge in [-0.2, -0.15) is 0 Å². The second-order valence-corrected chi connectivity index (χ2v) is 9.15. The molecule has 138 valence electrons. The fourth-order valence-electron chi connectivity index (χ4n) is 4.20. The molecule has 0 heterocycles. The Kier molecular flexibility index (Phi) is 5.32. The number of fused-ring (bicyclic) bond motifs is 2. The molecule has 2 saturated carbocycles. The van der Waals surface area contributed by atoms with Crippen LogP contribution in [0.4, 0.5) is 10.1 Å². The van der Waals surface area contributed by atoms with Crippen LogP contribution in [0.2, 0.25) is 0 Å². The van der Waals surface area contributed by atoms with E-state index < -0.39 is 15.8 Å². The first-order valence-electron chi connectivity index (χ1n) is 8.86. The molecule has 1 amide bonds. The standard InChI is InChI=1S/C18H25FN2O3S/c1-25(23,24)21(17-6-3-2-5-15(17)19)10-4-7-18(22)20-16-12-13-8-9-14(16)11-13/h2-3,5-6,13-14,16H,4,7-12H2,1H3,(H,20,22). The van der Waals surface area contributed by atoms with Gasteiger partial charge in [0.2, 0.25) is 15.9 Å². The molecule has 0 aromatic heterocycles. The normalized spacial score (nSPS) is 25.1. The Bertz CT molecular complexity index is 738. The van der Waals surface area contributed by atoms with Crippen molar-refractivity contribution >= 4 is 21.6 Å². The minimum Gasteiger partial charge on any atom is -0.353 e. The van der Waals surface area contributed by atoms with Crippen LogP contribution in [0.1, 0.15) is 38.5 Å². The summed E-state index contributed by atoms with van der Waals surface area (Å²) in [7, 11) is -3.61. The van der Waals surface area contributed by atoms with Crippen LogP contribution < -0.4 is 9.62 Å². The summed E-state index contributed by atoms with van der Waals surface area (Å²) in [6.07, 6.45) is 6.42. The van der Waals surface area contributed by atoms with Crippen molar-refractivity contribution in [2.24, 2.45) is 11.8 Å². The van der Waals surface area contributed by atoms with Gasteiger partial charge in [0.05, 0.1) is 11.9 Å². The van der Waals surface area contributed by atoms with Crippen molar-refractivity contribution in [2.75, 3.05) is 17.1 Å². The lowest BCUT2D eigenvalue weighted by molar-refractivity contribution is -0.122. The number of anilines is 1. The molecule has 5 nitrogen and oxygen atoms in total. The number of sulfonamides is 1. The van der Waals surface area contributed by atoms with Gasteiger partial charge in [-0.15, -0.1) is 0 Å². The Balaban J connectivity index is 1.53. The number of halogens is 1. The Morgan fingerprint density at radius 3 is 2.64 bits per heavy atom. The SMILES string of the molecule is CS(=O)(=O)N(CCCC(=O)NC1CC2CCC1C2)c1ccccc1F. The van der Waals surface area contributed by atoms with E-state index in [-0.39, 0.29) is 30.6 Å². The minimum atomic E-state index is -3.61. The first-order chi connectivity index (χ1) is 11.8. The summed E-state index contributed by atoms with van der Waals surface area (Å²) < 4.78 is 38.9. The van der Waals surface area contributed by atoms with E-state index in [1.807, 2.05) is 0 Å². The van der Waals surface area contributed by atoms with E-state index in [0.717, 1.165) is 22.9 Å². The van der Waals surface area contributed by atoms with E-state index in [0.29, 0.717) is 12.3 Å². The summed E-state index contributed by atoms with van der Waals surface area (Å²) in [6.45, 7) is 0.0872. The molecule has 3 rings (SSSR count). The zero-order valence-corrected chi connectivity index (χ0v) is 15.3. The quantitative estimate of drug-likeness (QED) is 0.805. The van der Waals surface area contributed by atoms with Crippen molar-refractivity contribution in [3.63, 3.8) is 0 Å². The third-order valence-corrected chi connectivity index (χ3v) is 6.55. The summed E-state index contributed by atoms with van der Waals surface area (Å²) in [5, 5.41) is 3.09. The molecule has 2 fully saturated rings. The van der Waals surface area contributed by atoms with Crippen LogP contribution in [0.5, 0.6) is 0 Å². The number of rotatable bonds is 7. The van der Waals surface area contributed by atoms with Crippen LogP contribution in [0.3, 0.4) is 0 Å². The van der Waals surface area contributed by atoms with Gasteiger partial charge in [-0.25, -0.2) is 12.8 Å². The molecular weight excluding hydrogens is 343 g/mol. The molecule has 0 saturated heterocycles. The molecule has 0 aliphatic heterocycles. The third-order valence-electron chi connectivity index (χ3n) is 5.37. The lowest BCUT2D eigenvalue weighted by atomic mass is 9.95. The highest BCUT2D eigenvalue weighted by atomic mass is 32.2. The number of nitrogens with one attached hydrogen (secondary N) is 1. The van der Waals surface area contributed by atoms with Crippen molar-refractivity contribution in [1.82, 2.24) is 5.32 Å². The summed E-state index contributed by atoms with van der Waals surface area (Å²) in [5.41, 5.74) is 0.0264. The van der Waals surface area contributed by atoms with E-state index in [2.05, 4.69) is 5.32 Å². The van der Waals surface area contributed by atoms with Gasteiger partial charge in [-0.1, -0.05) is 18.6 Å². The average Bonchev–Trinajstić information content (AvgIpc) is 3.14. The Morgan fingerprint density at radius 2 is 2.04 bits per heavy atom. The summed E-state index contributed by atoms with van der Waals surface area (Å²) in [6, 6.07) is 6.06. The molecule has 3 atom stereocenters. The van der Waals surface area contributed by atoms with Crippen LogP contribution in [0.15, 0.2) is 24.3 Å². The smallest absolute Gasteiger partial charge is 0.232 e. The number of para-hydroxylation sites is 1. The predicted molar refractivity (Wildman–Crippen MR) is 95.2 cm³/mol. The van der Waals surface area contributed by atoms with Crippen LogP contribution in [-0.2, 0) is 14.8 Å². The van der Waals surface area contributed by atoms with Gasteiger partial charge in [-0.3, -0.25) is 9.10 Å². The maximum Gasteiger partial charge on any atom is 0.232 e. The molecule has 25 heavy (non-hydrogen) atoms. The lowest BCUT2D eigenvalue weighted by Gasteiger charge is -2.24. The molecule has 1 aromatic rings. The van der Waals surface area contributed by atoms with Gasteiger partial charge in [0, 0.05) is 19.0 Å². The van der Waals surface area contributed by atoms with Crippen molar-refractivity contribution in [3.8, 4) is 0 Å². The first kappa shape index (κ1) is 18.2. The lowest BCUT2D eigenvalue weighted by Crippen LogP contribution is -2.39. The van der Waals surface area contributed by atoms with Crippen molar-refractivity contribution in [1.29, 1.82) is 0 Å². The molecule has 1 N–H and O–H groups in total. The zero-order valence-electron chi connectivity index (χ0n) is 14.4. The number of hydrogen-bond donors (Lipinski definition) is 1. The Hall–Kier alpha value is -1.63. The van der Waals surface area contributed by atoms with Gasteiger partial charge >= 0.3 is 0 Å². The highest BCUT2D eigenvalue weighted by molar-refractivity contribution is 7.92. The number of carbonyl (C=O) groups is 1. The molecule has 3 unspecified atom stereocenters. The maximum absolute atomic E-state index is 13.9. The van der Waals surface area contributed by atoms with Crippen molar-refractivity contribution < 1.29 is 17.6 Å². The van der Waals surface area contributed by atoms with E-state index in [1.165, 1.54) is 37.5 Å². The highest BCUT2D eigenvalue weighted by Crippen LogP contribution is 2.44. The van der Waals surface area contributed by atoms with E-state index >= 15 is 0 Å². The zero-order chi connectivity index (χ0) is 18.0. The average molecular weight is 368 g/mol. The number of amides is 1. The largest absolute Gasteiger partial charge is 0.353 e. The molecule has 2 aliphatic rings. The summed E-state index contributed by atoms with van der Waals surface area (Å²) in [5.74, 6) is 0.746. The second kappa shape index (κ2) is 7.32. The van der Waals surface area contributed by atoms with Crippen molar-refractivity contribution in [2.45, 2.75) is 44.6 Å². The monoisotopic (exact) mass is 368 g/mol. The van der Waals surface area contributed by atoms with Gasteiger partial charge in [0.25, 0.3) is 0 Å². The molecular formula is C18H25FN2O3S. The molecule has 2 aliphatic carbocycles. The van der Waals surface area contributed by atoms with E-state index in [1.54, 1.807) is 6.07 Å². The summed E-state index contributed by atoms with van der Waals surface area (Å²) in [4.78, 5) is 12.2. The van der Waals surface area contributed by atoms with E-state index in [9.17, 15) is 17.6 Å². The van der Waals surface area contributed by atoms with Crippen LogP contribution in [0, 0.1) is 17.7 Å². The van der Waals surface area contributed by atoms with Gasteiger partial charge in [0.1, 0.15) is 5.82 Å². The number of carbonyl (C=O) groups excluding carboxylic acids is 1. The molecule has 0 spiro atoms. The van der Waals surface area contributed by atoms with Gasteiger partial charge < -0.3 is 5.32 Å². The second-order valence-electron chi connectivity index (χ2n) is 7.24. The van der Waals surface area contributed by atoms with E-state index in [4.69, 9.17) is 0 Å². The van der Waals surface area contributed by atoms with Crippen LogP contribution in [0.25, 0.3) is 0 Å². The minimum absolute atomic E-state index is 0.0264. The maximum atomic E-state index is 13.9. The number of nitrogens with zero attached hydrogens (tertiary/aromatic N) is 1. The van der Waals surface area contributed by atoms with Gasteiger partial charge in [-0.05, 0) is 49.7 Å². The van der Waals surface area contributed by atoms with Crippen molar-refractivity contribution in [3.05, 3.63) is 30.1 Å². The highest BCUT2D eigenvalue weighted by Gasteiger charge is 2.39. The molecule has 0 radical (unpaired) electrons. The number of benzene rings is 1. The topological polar surface area (TPSA) is 66.5 Å². The number of hydrogen-bond acceptors (Lipinski definition) is 3. The Morgan fingerprint density at radius 1 is 1.28 bits per heavy atom. The fourth-order valence-corrected chi connectivity index (χ4v) is 5.17. The third kappa shape index (κ3) is 4.32. The first-order valence-corrected chi connectivity index (χ1v) is 10.7.